The topological polar surface area (TPSA) is 46.2 Å². The first kappa shape index (κ1) is 11.9. The van der Waals surface area contributed by atoms with Gasteiger partial charge in [0.15, 0.2) is 5.78 Å². The number of hydrogen-bond acceptors (Lipinski definition) is 3. The number of aryl methyl sites for hydroxylation is 1. The largest absolute Gasteiger partial charge is 0.342 e. The predicted molar refractivity (Wildman–Crippen MR) is 61.3 cm³/mol. The van der Waals surface area contributed by atoms with E-state index in [-0.39, 0.29) is 11.7 Å². The van der Waals surface area contributed by atoms with Crippen LogP contribution in [0.25, 0.3) is 0 Å². The molecular weight excluding hydrogens is 210 g/mol. The molecule has 0 saturated heterocycles. The van der Waals surface area contributed by atoms with Crippen LogP contribution in [0.3, 0.4) is 0 Å². The Balaban J connectivity index is 2.65. The van der Waals surface area contributed by atoms with Gasteiger partial charge in [-0.15, -0.1) is 11.3 Å². The lowest BCUT2D eigenvalue weighted by Crippen LogP contribution is -2.36. The van der Waals surface area contributed by atoms with E-state index in [2.05, 4.69) is 5.32 Å². The summed E-state index contributed by atoms with van der Waals surface area (Å²) in [4.78, 5) is 24.4. The Morgan fingerprint density at radius 2 is 2.13 bits per heavy atom. The lowest BCUT2D eigenvalue weighted by molar-refractivity contribution is -0.118. The van der Waals surface area contributed by atoms with Crippen LogP contribution >= 0.6 is 11.3 Å². The van der Waals surface area contributed by atoms with E-state index >= 15 is 0 Å². The van der Waals surface area contributed by atoms with Gasteiger partial charge >= 0.3 is 0 Å². The summed E-state index contributed by atoms with van der Waals surface area (Å²) in [6.07, 6.45) is 0.931. The Hall–Kier alpha value is -1.16. The maximum Gasteiger partial charge on any atom is 0.261 e. The fraction of sp³-hybridized carbons (Fsp3) is 0.455. The predicted octanol–water partition coefficient (Wildman–Crippen LogP) is 2.02. The van der Waals surface area contributed by atoms with E-state index in [1.807, 2.05) is 13.0 Å². The van der Waals surface area contributed by atoms with Crippen molar-refractivity contribution in [3.05, 3.63) is 21.9 Å². The number of amides is 1. The summed E-state index contributed by atoms with van der Waals surface area (Å²) in [6.45, 7) is 5.21. The molecule has 0 aliphatic rings. The molecule has 0 fully saturated rings. The van der Waals surface area contributed by atoms with Crippen molar-refractivity contribution in [3.63, 3.8) is 0 Å². The smallest absolute Gasteiger partial charge is 0.261 e. The van der Waals surface area contributed by atoms with Crippen LogP contribution < -0.4 is 5.32 Å². The summed E-state index contributed by atoms with van der Waals surface area (Å²) >= 11 is 1.47. The average molecular weight is 225 g/mol. The molecule has 1 amide bonds. The Morgan fingerprint density at radius 1 is 1.47 bits per heavy atom. The average Bonchev–Trinajstić information content (AvgIpc) is 2.65. The van der Waals surface area contributed by atoms with Crippen molar-refractivity contribution in [1.82, 2.24) is 5.32 Å². The molecule has 1 rings (SSSR count). The van der Waals surface area contributed by atoms with Crippen LogP contribution in [0, 0.1) is 0 Å². The highest BCUT2D eigenvalue weighted by molar-refractivity contribution is 7.14. The molecule has 0 aromatic carbocycles. The third-order valence-corrected chi connectivity index (χ3v) is 3.42. The van der Waals surface area contributed by atoms with Gasteiger partial charge in [-0.25, -0.2) is 0 Å². The molecule has 1 N–H and O–H groups in total. The molecule has 0 aliphatic heterocycles. The summed E-state index contributed by atoms with van der Waals surface area (Å²) in [5, 5.41) is 2.65. The Morgan fingerprint density at radius 3 is 2.60 bits per heavy atom. The van der Waals surface area contributed by atoms with Crippen molar-refractivity contribution >= 4 is 23.0 Å². The van der Waals surface area contributed by atoms with Gasteiger partial charge in [0.25, 0.3) is 5.91 Å². The Labute approximate surface area is 93.5 Å². The van der Waals surface area contributed by atoms with E-state index in [4.69, 9.17) is 0 Å². The molecule has 1 heterocycles. The lowest BCUT2D eigenvalue weighted by Gasteiger charge is -2.08. The zero-order chi connectivity index (χ0) is 11.4. The quantitative estimate of drug-likeness (QED) is 0.852. The summed E-state index contributed by atoms with van der Waals surface area (Å²) in [6, 6.07) is 3.33. The van der Waals surface area contributed by atoms with Gasteiger partial charge in [0.1, 0.15) is 0 Å². The maximum atomic E-state index is 11.6. The molecule has 1 unspecified atom stereocenters. The third-order valence-electron chi connectivity index (χ3n) is 2.19. The van der Waals surface area contributed by atoms with Crippen molar-refractivity contribution in [2.45, 2.75) is 33.2 Å². The van der Waals surface area contributed by atoms with Crippen LogP contribution in [-0.4, -0.2) is 17.7 Å². The number of nitrogens with one attached hydrogen (secondary N) is 1. The molecule has 1 aromatic rings. The molecule has 1 atom stereocenters. The van der Waals surface area contributed by atoms with Crippen molar-refractivity contribution in [2.24, 2.45) is 0 Å². The SMILES string of the molecule is CCc1ccc(C(=O)NC(C)C(C)=O)s1. The monoisotopic (exact) mass is 225 g/mol. The molecule has 0 radical (unpaired) electrons. The van der Waals surface area contributed by atoms with Gasteiger partial charge in [0.05, 0.1) is 10.9 Å². The van der Waals surface area contributed by atoms with Gasteiger partial charge in [0.2, 0.25) is 0 Å². The minimum absolute atomic E-state index is 0.0318. The van der Waals surface area contributed by atoms with Gasteiger partial charge in [-0.05, 0) is 32.4 Å². The van der Waals surface area contributed by atoms with Crippen LogP contribution in [0.4, 0.5) is 0 Å². The summed E-state index contributed by atoms with van der Waals surface area (Å²) in [5.41, 5.74) is 0. The van der Waals surface area contributed by atoms with E-state index in [0.29, 0.717) is 4.88 Å². The van der Waals surface area contributed by atoms with E-state index in [0.717, 1.165) is 6.42 Å². The van der Waals surface area contributed by atoms with Crippen molar-refractivity contribution in [1.29, 1.82) is 0 Å². The zero-order valence-corrected chi connectivity index (χ0v) is 9.98. The highest BCUT2D eigenvalue weighted by atomic mass is 32.1. The molecule has 0 aliphatic carbocycles. The fourth-order valence-corrected chi connectivity index (χ4v) is 1.91. The van der Waals surface area contributed by atoms with E-state index in [9.17, 15) is 9.59 Å². The number of carbonyl (C=O) groups excluding carboxylic acids is 2. The molecule has 15 heavy (non-hydrogen) atoms. The molecular formula is C11H15NO2S. The molecule has 82 valence electrons. The van der Waals surface area contributed by atoms with Gasteiger partial charge < -0.3 is 5.32 Å². The highest BCUT2D eigenvalue weighted by Gasteiger charge is 2.14. The van der Waals surface area contributed by atoms with Crippen molar-refractivity contribution in [3.8, 4) is 0 Å². The maximum absolute atomic E-state index is 11.6. The first-order valence-corrected chi connectivity index (χ1v) is 5.76. The fourth-order valence-electron chi connectivity index (χ4n) is 1.06. The van der Waals surface area contributed by atoms with Crippen molar-refractivity contribution < 1.29 is 9.59 Å². The Kier molecular flexibility index (Phi) is 4.03. The summed E-state index contributed by atoms with van der Waals surface area (Å²) < 4.78 is 0. The molecule has 0 saturated carbocycles. The standard InChI is InChI=1S/C11H15NO2S/c1-4-9-5-6-10(15-9)11(14)12-7(2)8(3)13/h5-7H,4H2,1-3H3,(H,12,14). The molecule has 4 heteroatoms. The molecule has 3 nitrogen and oxygen atoms in total. The second-order valence-corrected chi connectivity index (χ2v) is 4.59. The second kappa shape index (κ2) is 5.07. The second-order valence-electron chi connectivity index (χ2n) is 3.43. The van der Waals surface area contributed by atoms with Gasteiger partial charge in [-0.1, -0.05) is 6.92 Å². The van der Waals surface area contributed by atoms with Crippen LogP contribution in [0.1, 0.15) is 35.3 Å². The van der Waals surface area contributed by atoms with Crippen LogP contribution in [-0.2, 0) is 11.2 Å². The minimum Gasteiger partial charge on any atom is -0.342 e. The normalized spacial score (nSPS) is 12.2. The lowest BCUT2D eigenvalue weighted by atomic mass is 10.2. The molecule has 0 bridgehead atoms. The van der Waals surface area contributed by atoms with Crippen molar-refractivity contribution in [2.75, 3.05) is 0 Å². The Bertz CT molecular complexity index is 370. The third kappa shape index (κ3) is 3.16. The van der Waals surface area contributed by atoms with Gasteiger partial charge in [0, 0.05) is 4.88 Å². The van der Waals surface area contributed by atoms with E-state index in [1.165, 1.54) is 23.1 Å². The number of rotatable bonds is 4. The molecule has 0 spiro atoms. The van der Waals surface area contributed by atoms with Gasteiger partial charge in [-0.3, -0.25) is 9.59 Å². The molecule has 1 aromatic heterocycles. The number of Topliss-reactive ketones (excluding diaryl/α,β-unsaturated/α-hetero) is 1. The summed E-state index contributed by atoms with van der Waals surface area (Å²) in [7, 11) is 0. The van der Waals surface area contributed by atoms with Gasteiger partial charge in [-0.2, -0.15) is 0 Å². The van der Waals surface area contributed by atoms with Crippen LogP contribution in [0.5, 0.6) is 0 Å². The number of ketones is 1. The number of carbonyl (C=O) groups is 2. The van der Waals surface area contributed by atoms with Crippen LogP contribution in [0.15, 0.2) is 12.1 Å². The van der Waals surface area contributed by atoms with Crippen LogP contribution in [0.2, 0.25) is 0 Å². The number of hydrogen-bond donors (Lipinski definition) is 1. The van der Waals surface area contributed by atoms with E-state index in [1.54, 1.807) is 13.0 Å². The first-order chi connectivity index (χ1) is 7.04. The summed E-state index contributed by atoms with van der Waals surface area (Å²) in [5.74, 6) is -0.196. The zero-order valence-electron chi connectivity index (χ0n) is 9.16. The van der Waals surface area contributed by atoms with E-state index < -0.39 is 6.04 Å². The number of thiophene rings is 1. The minimum atomic E-state index is -0.412. The highest BCUT2D eigenvalue weighted by Crippen LogP contribution is 2.16. The first-order valence-electron chi connectivity index (χ1n) is 4.94.